The summed E-state index contributed by atoms with van der Waals surface area (Å²) in [6.45, 7) is 0. The summed E-state index contributed by atoms with van der Waals surface area (Å²) in [6, 6.07) is 59.2. The molecule has 9 aromatic rings. The van der Waals surface area contributed by atoms with E-state index in [4.69, 9.17) is 4.42 Å². The largest absolute Gasteiger partial charge is 0.455 e. The molecule has 262 valence electrons. The fourth-order valence-corrected chi connectivity index (χ4v) is 12.7. The Labute approximate surface area is 321 Å². The molecule has 1 heterocycles. The summed E-state index contributed by atoms with van der Waals surface area (Å²) in [5, 5.41) is 7.51. The van der Waals surface area contributed by atoms with Crippen LogP contribution in [0.25, 0.3) is 88.0 Å². The summed E-state index contributed by atoms with van der Waals surface area (Å²) in [6.07, 6.45) is 7.11. The summed E-state index contributed by atoms with van der Waals surface area (Å²) in [4.78, 5) is 0. The van der Waals surface area contributed by atoms with Gasteiger partial charge in [0.15, 0.2) is 0 Å². The van der Waals surface area contributed by atoms with E-state index in [2.05, 4.69) is 158 Å². The van der Waals surface area contributed by atoms with E-state index in [0.29, 0.717) is 0 Å². The maximum Gasteiger partial charge on any atom is 0.143 e. The van der Waals surface area contributed by atoms with Gasteiger partial charge in [0, 0.05) is 21.8 Å². The van der Waals surface area contributed by atoms with Gasteiger partial charge in [-0.2, -0.15) is 0 Å². The summed E-state index contributed by atoms with van der Waals surface area (Å²) in [7, 11) is 0. The number of fused-ring (bicyclic) bond motifs is 9. The molecule has 4 saturated carbocycles. The Morgan fingerprint density at radius 1 is 0.400 bits per heavy atom. The van der Waals surface area contributed by atoms with E-state index in [1.54, 1.807) is 11.1 Å². The van der Waals surface area contributed by atoms with Gasteiger partial charge in [-0.3, -0.25) is 0 Å². The molecule has 55 heavy (non-hydrogen) atoms. The van der Waals surface area contributed by atoms with Gasteiger partial charge in [0.25, 0.3) is 0 Å². The lowest BCUT2D eigenvalue weighted by atomic mass is 9.43. The average Bonchev–Trinajstić information content (AvgIpc) is 3.76. The van der Waals surface area contributed by atoms with Crippen molar-refractivity contribution in [1.82, 2.24) is 0 Å². The lowest BCUT2D eigenvalue weighted by Crippen LogP contribution is -2.55. The van der Waals surface area contributed by atoms with Crippen molar-refractivity contribution in [3.63, 3.8) is 0 Å². The minimum atomic E-state index is 0.184. The second-order valence-electron chi connectivity index (χ2n) is 17.2. The van der Waals surface area contributed by atoms with Gasteiger partial charge in [-0.25, -0.2) is 0 Å². The monoisotopic (exact) mass is 704 g/mol. The smallest absolute Gasteiger partial charge is 0.143 e. The molecule has 4 fully saturated rings. The van der Waals surface area contributed by atoms with Gasteiger partial charge in [0.05, 0.1) is 0 Å². The van der Waals surface area contributed by atoms with Gasteiger partial charge in [-0.15, -0.1) is 0 Å². The van der Waals surface area contributed by atoms with Gasteiger partial charge in [-0.05, 0) is 152 Å². The van der Waals surface area contributed by atoms with Gasteiger partial charge < -0.3 is 4.42 Å². The van der Waals surface area contributed by atoms with Crippen molar-refractivity contribution in [3.8, 4) is 44.5 Å². The molecular formula is C54H40O. The van der Waals surface area contributed by atoms with Crippen LogP contribution in [0.2, 0.25) is 0 Å². The second-order valence-corrected chi connectivity index (χ2v) is 17.2. The zero-order valence-electron chi connectivity index (χ0n) is 30.8. The van der Waals surface area contributed by atoms with Gasteiger partial charge in [0.1, 0.15) is 11.2 Å². The Balaban J connectivity index is 0.927. The molecule has 0 amide bonds. The molecule has 1 nitrogen and oxygen atoms in total. The first-order valence-corrected chi connectivity index (χ1v) is 20.4. The third-order valence-corrected chi connectivity index (χ3v) is 14.7. The predicted octanol–water partition coefficient (Wildman–Crippen LogP) is 14.6. The third-order valence-electron chi connectivity index (χ3n) is 14.7. The van der Waals surface area contributed by atoms with Gasteiger partial charge in [0.2, 0.25) is 0 Å². The van der Waals surface area contributed by atoms with Crippen LogP contribution in [0, 0.1) is 23.7 Å². The first-order chi connectivity index (χ1) is 27.2. The highest BCUT2D eigenvalue weighted by molar-refractivity contribution is 6.16. The number of benzene rings is 8. The van der Waals surface area contributed by atoms with Crippen LogP contribution in [0.4, 0.5) is 0 Å². The highest BCUT2D eigenvalue weighted by Crippen LogP contribution is 2.69. The van der Waals surface area contributed by atoms with E-state index >= 15 is 0 Å². The molecule has 1 heteroatoms. The van der Waals surface area contributed by atoms with Crippen LogP contribution in [0.1, 0.15) is 43.2 Å². The Morgan fingerprint density at radius 3 is 1.89 bits per heavy atom. The molecule has 0 atom stereocenters. The number of furan rings is 1. The second kappa shape index (κ2) is 11.1. The lowest BCUT2D eigenvalue weighted by molar-refractivity contribution is -0.0399. The summed E-state index contributed by atoms with van der Waals surface area (Å²) in [5.74, 6) is 3.43. The topological polar surface area (TPSA) is 13.1 Å². The van der Waals surface area contributed by atoms with E-state index in [0.717, 1.165) is 34.8 Å². The minimum Gasteiger partial charge on any atom is -0.455 e. The molecule has 1 aromatic heterocycles. The van der Waals surface area contributed by atoms with Crippen molar-refractivity contribution in [1.29, 1.82) is 0 Å². The Hall–Kier alpha value is -5.92. The maximum absolute atomic E-state index is 6.84. The minimum absolute atomic E-state index is 0.184. The molecule has 0 N–H and O–H groups in total. The first kappa shape index (κ1) is 30.4. The lowest BCUT2D eigenvalue weighted by Gasteiger charge is -2.61. The highest BCUT2D eigenvalue weighted by Gasteiger charge is 2.61. The third kappa shape index (κ3) is 4.14. The van der Waals surface area contributed by atoms with Crippen molar-refractivity contribution in [2.45, 2.75) is 37.5 Å². The van der Waals surface area contributed by atoms with Crippen LogP contribution in [0.5, 0.6) is 0 Å². The Bertz CT molecular complexity index is 3020. The molecular weight excluding hydrogens is 665 g/mol. The Kier molecular flexibility index (Phi) is 6.13. The molecule has 14 rings (SSSR count). The van der Waals surface area contributed by atoms with E-state index in [1.165, 1.54) is 109 Å². The van der Waals surface area contributed by atoms with Crippen molar-refractivity contribution < 1.29 is 4.42 Å². The maximum atomic E-state index is 6.84. The molecule has 0 radical (unpaired) electrons. The van der Waals surface area contributed by atoms with Crippen LogP contribution in [0.3, 0.4) is 0 Å². The molecule has 0 unspecified atom stereocenters. The van der Waals surface area contributed by atoms with Crippen LogP contribution in [-0.2, 0) is 5.41 Å². The van der Waals surface area contributed by atoms with Gasteiger partial charge in [-0.1, -0.05) is 133 Å². The van der Waals surface area contributed by atoms with Gasteiger partial charge >= 0.3 is 0 Å². The summed E-state index contributed by atoms with van der Waals surface area (Å²) >= 11 is 0. The normalized spacial score (nSPS) is 23.3. The molecule has 1 spiro atoms. The standard InChI is InChI=1S/C54H40O/c1-2-8-42-35(7-1)17-18-38-30-37(19-21-43(38)42)34-13-15-36(16-14-34)44-22-23-45(53-52(44)47-10-4-6-12-51(47)55-53)39-20-24-50-48(31-39)46-9-3-5-11-49(46)54(50)40-26-32-25-33(28-40)29-41(54)27-32/h1-24,30-33,40-41H,25-29H2. The molecule has 8 aromatic carbocycles. The van der Waals surface area contributed by atoms with Crippen molar-refractivity contribution >= 4 is 43.5 Å². The van der Waals surface area contributed by atoms with Crippen LogP contribution in [0.15, 0.2) is 162 Å². The molecule has 5 aliphatic carbocycles. The molecule has 0 saturated heterocycles. The number of hydrogen-bond donors (Lipinski definition) is 0. The van der Waals surface area contributed by atoms with E-state index in [1.807, 2.05) is 0 Å². The molecule has 4 bridgehead atoms. The fraction of sp³-hybridized carbons (Fsp3) is 0.185. The van der Waals surface area contributed by atoms with Crippen molar-refractivity contribution in [3.05, 3.63) is 169 Å². The zero-order chi connectivity index (χ0) is 35.8. The van der Waals surface area contributed by atoms with E-state index in [9.17, 15) is 0 Å². The quantitative estimate of drug-likeness (QED) is 0.167. The van der Waals surface area contributed by atoms with Crippen LogP contribution < -0.4 is 0 Å². The van der Waals surface area contributed by atoms with Crippen LogP contribution >= 0.6 is 0 Å². The predicted molar refractivity (Wildman–Crippen MR) is 228 cm³/mol. The zero-order valence-corrected chi connectivity index (χ0v) is 30.8. The van der Waals surface area contributed by atoms with Crippen molar-refractivity contribution in [2.75, 3.05) is 0 Å². The summed E-state index contributed by atoms with van der Waals surface area (Å²) < 4.78 is 6.84. The van der Waals surface area contributed by atoms with Crippen LogP contribution in [-0.4, -0.2) is 0 Å². The molecule has 5 aliphatic rings. The SMILES string of the molecule is c1ccc2c(c1)-c1cc(-c3ccc(-c4ccc(-c5ccc6c(ccc7ccccc76)c5)cc4)c4c3oc3ccccc34)ccc1C21C2CC3CC(C2)CC1C3. The van der Waals surface area contributed by atoms with E-state index < -0.39 is 0 Å². The number of rotatable bonds is 3. The van der Waals surface area contributed by atoms with Crippen molar-refractivity contribution in [2.24, 2.45) is 23.7 Å². The number of para-hydroxylation sites is 1. The Morgan fingerprint density at radius 2 is 1.04 bits per heavy atom. The number of hydrogen-bond acceptors (Lipinski definition) is 1. The first-order valence-electron chi connectivity index (χ1n) is 20.4. The summed E-state index contributed by atoms with van der Waals surface area (Å²) in [5.41, 5.74) is 15.5. The fourth-order valence-electron chi connectivity index (χ4n) is 12.7. The molecule has 0 aliphatic heterocycles. The average molecular weight is 705 g/mol. The van der Waals surface area contributed by atoms with E-state index in [-0.39, 0.29) is 5.41 Å². The highest BCUT2D eigenvalue weighted by atomic mass is 16.3.